The number of rotatable bonds is 0. The monoisotopic (exact) mass is 337 g/mol. The van der Waals surface area contributed by atoms with E-state index in [0.29, 0.717) is 0 Å². The second-order valence-electron chi connectivity index (χ2n) is 1.98. The molecule has 11 heavy (non-hydrogen) atoms. The molecule has 1 nitrogen and oxygen atoms in total. The first-order chi connectivity index (χ1) is 3.80. The van der Waals surface area contributed by atoms with Crippen molar-refractivity contribution in [1.82, 2.24) is 4.90 Å². The van der Waals surface area contributed by atoms with Crippen molar-refractivity contribution in [1.29, 1.82) is 0 Å². The van der Waals surface area contributed by atoms with Gasteiger partial charge < -0.3 is 29.7 Å². The number of thiol groups is 1. The minimum atomic E-state index is 0. The number of hydrogen-bond donors (Lipinski definition) is 1. The van der Waals surface area contributed by atoms with Gasteiger partial charge in [0.25, 0.3) is 0 Å². The number of nitrogens with zero attached hydrogens (tertiary/aromatic N) is 1. The molecule has 1 heterocycles. The Morgan fingerprint density at radius 2 is 1.55 bits per heavy atom. The molecule has 0 atom stereocenters. The standard InChI is InChI=1S/C5H9NS2.2ClH.Sn/c7-5(8)6-3-1-2-4-6;;;/h1-4H2,(H,7,8);2*1H;/q;;;+4/p-2. The third-order valence-corrected chi connectivity index (χ3v) is 1.92. The fourth-order valence-corrected chi connectivity index (χ4v) is 1.29. The first-order valence-corrected chi connectivity index (χ1v) is 3.64. The maximum atomic E-state index is 4.85. The Kier molecular flexibility index (Phi) is 16.2. The van der Waals surface area contributed by atoms with Crippen LogP contribution in [0.5, 0.6) is 0 Å². The number of hydrogen-bond acceptors (Lipinski definition) is 1. The molecule has 0 bridgehead atoms. The molecule has 0 N–H and O–H groups in total. The Morgan fingerprint density at radius 3 is 1.73 bits per heavy atom. The van der Waals surface area contributed by atoms with Crippen LogP contribution in [0.4, 0.5) is 0 Å². The van der Waals surface area contributed by atoms with Gasteiger partial charge in [0, 0.05) is 13.1 Å². The summed E-state index contributed by atoms with van der Waals surface area (Å²) in [7, 11) is 0. The van der Waals surface area contributed by atoms with E-state index in [1.807, 2.05) is 0 Å². The topological polar surface area (TPSA) is 3.24 Å². The molecule has 0 radical (unpaired) electrons. The van der Waals surface area contributed by atoms with Gasteiger partial charge in [-0.05, 0) is 12.8 Å². The van der Waals surface area contributed by atoms with E-state index >= 15 is 0 Å². The molecule has 0 aromatic heterocycles. The summed E-state index contributed by atoms with van der Waals surface area (Å²) < 4.78 is 0.752. The summed E-state index contributed by atoms with van der Waals surface area (Å²) >= 11 is 8.90. The first kappa shape index (κ1) is 18.4. The maximum absolute atomic E-state index is 4.85. The van der Waals surface area contributed by atoms with E-state index < -0.39 is 0 Å². The van der Waals surface area contributed by atoms with E-state index in [4.69, 9.17) is 12.2 Å². The molecule has 1 fully saturated rings. The minimum Gasteiger partial charge on any atom is -1.00 e. The Labute approximate surface area is 108 Å². The molecule has 1 aliphatic rings. The quantitative estimate of drug-likeness (QED) is 0.268. The van der Waals surface area contributed by atoms with Crippen LogP contribution >= 0.6 is 24.8 Å². The molecule has 0 aliphatic carbocycles. The molecule has 0 aromatic carbocycles. The molecule has 1 saturated heterocycles. The number of likely N-dealkylation sites (tertiary alicyclic amines) is 1. The Hall–Kier alpha value is 1.62. The average molecular weight is 337 g/mol. The van der Waals surface area contributed by atoms with Crippen molar-refractivity contribution >= 4 is 53.1 Å². The van der Waals surface area contributed by atoms with Crippen LogP contribution in [0.2, 0.25) is 0 Å². The molecular weight excluding hydrogens is 328 g/mol. The SMILES string of the molecule is S=C(S)N1CCCC1.[Cl-].[Cl-].[Sn+4]. The van der Waals surface area contributed by atoms with Crippen LogP contribution in [-0.4, -0.2) is 46.2 Å². The van der Waals surface area contributed by atoms with Crippen molar-refractivity contribution in [2.45, 2.75) is 12.8 Å². The Balaban J connectivity index is -0.000000213. The zero-order valence-corrected chi connectivity index (χ0v) is 12.0. The molecule has 0 spiro atoms. The van der Waals surface area contributed by atoms with E-state index in [-0.39, 0.29) is 48.7 Å². The Bertz CT molecular complexity index is 109. The van der Waals surface area contributed by atoms with Gasteiger partial charge in [-0.15, -0.1) is 12.6 Å². The summed E-state index contributed by atoms with van der Waals surface area (Å²) in [6.45, 7) is 2.23. The second kappa shape index (κ2) is 9.70. The molecule has 0 aromatic rings. The van der Waals surface area contributed by atoms with Crippen LogP contribution in [0.3, 0.4) is 0 Å². The van der Waals surface area contributed by atoms with E-state index in [0.717, 1.165) is 17.4 Å². The zero-order chi connectivity index (χ0) is 5.98. The molecule has 62 valence electrons. The van der Waals surface area contributed by atoms with Crippen molar-refractivity contribution in [2.24, 2.45) is 0 Å². The third kappa shape index (κ3) is 6.75. The van der Waals surface area contributed by atoms with Gasteiger partial charge in [-0.25, -0.2) is 0 Å². The van der Waals surface area contributed by atoms with Gasteiger partial charge >= 0.3 is 23.9 Å². The van der Waals surface area contributed by atoms with E-state index in [1.54, 1.807) is 0 Å². The minimum absolute atomic E-state index is 0. The smallest absolute Gasteiger partial charge is 1.00 e. The van der Waals surface area contributed by atoms with Gasteiger partial charge in [0.15, 0.2) is 0 Å². The number of halogens is 2. The van der Waals surface area contributed by atoms with Gasteiger partial charge in [0.2, 0.25) is 0 Å². The van der Waals surface area contributed by atoms with Crippen LogP contribution in [0.15, 0.2) is 0 Å². The van der Waals surface area contributed by atoms with Crippen LogP contribution in [-0.2, 0) is 0 Å². The molecule has 6 heteroatoms. The fraction of sp³-hybridized carbons (Fsp3) is 0.800. The summed E-state index contributed by atoms with van der Waals surface area (Å²) in [5, 5.41) is 0. The first-order valence-electron chi connectivity index (χ1n) is 2.78. The largest absolute Gasteiger partial charge is 4.00 e. The average Bonchev–Trinajstić information content (AvgIpc) is 2.12. The van der Waals surface area contributed by atoms with Crippen LogP contribution < -0.4 is 24.8 Å². The summed E-state index contributed by atoms with van der Waals surface area (Å²) in [5.74, 6) is 0. The molecule has 1 rings (SSSR count). The van der Waals surface area contributed by atoms with Crippen molar-refractivity contribution in [3.63, 3.8) is 0 Å². The normalized spacial score (nSPS) is 14.1. The molecular formula is C5H9Cl2NS2Sn+2. The molecule has 1 aliphatic heterocycles. The molecule has 0 amide bonds. The van der Waals surface area contributed by atoms with E-state index in [2.05, 4.69) is 17.5 Å². The van der Waals surface area contributed by atoms with Crippen LogP contribution in [0.25, 0.3) is 0 Å². The van der Waals surface area contributed by atoms with E-state index in [1.165, 1.54) is 12.8 Å². The Morgan fingerprint density at radius 1 is 1.18 bits per heavy atom. The van der Waals surface area contributed by atoms with Gasteiger partial charge in [-0.1, -0.05) is 12.2 Å². The summed E-state index contributed by atoms with van der Waals surface area (Å²) in [4.78, 5) is 2.12. The van der Waals surface area contributed by atoms with Crippen molar-refractivity contribution in [2.75, 3.05) is 13.1 Å². The van der Waals surface area contributed by atoms with Crippen molar-refractivity contribution < 1.29 is 24.8 Å². The third-order valence-electron chi connectivity index (χ3n) is 1.38. The number of thiocarbonyl (C=S) groups is 1. The van der Waals surface area contributed by atoms with Gasteiger partial charge in [-0.3, -0.25) is 0 Å². The van der Waals surface area contributed by atoms with Crippen molar-refractivity contribution in [3.8, 4) is 0 Å². The van der Waals surface area contributed by atoms with Gasteiger partial charge in [0.05, 0.1) is 0 Å². The fourth-order valence-electron chi connectivity index (χ4n) is 0.908. The van der Waals surface area contributed by atoms with Gasteiger partial charge in [-0.2, -0.15) is 0 Å². The molecule has 0 saturated carbocycles. The second-order valence-corrected chi connectivity index (χ2v) is 3.09. The van der Waals surface area contributed by atoms with Crippen LogP contribution in [0, 0.1) is 0 Å². The summed E-state index contributed by atoms with van der Waals surface area (Å²) in [5.41, 5.74) is 0. The molecule has 0 unspecified atom stereocenters. The maximum Gasteiger partial charge on any atom is 4.00 e. The van der Waals surface area contributed by atoms with E-state index in [9.17, 15) is 0 Å². The zero-order valence-electron chi connectivity index (χ0n) is 5.89. The summed E-state index contributed by atoms with van der Waals surface area (Å²) in [6.07, 6.45) is 2.56. The predicted molar refractivity (Wildman–Crippen MR) is 48.1 cm³/mol. The summed E-state index contributed by atoms with van der Waals surface area (Å²) in [6, 6.07) is 0. The van der Waals surface area contributed by atoms with Crippen LogP contribution in [0.1, 0.15) is 12.8 Å². The van der Waals surface area contributed by atoms with Crippen molar-refractivity contribution in [3.05, 3.63) is 0 Å². The predicted octanol–water partition coefficient (Wildman–Crippen LogP) is -5.08. The van der Waals surface area contributed by atoms with Gasteiger partial charge in [0.1, 0.15) is 4.32 Å².